The first-order valence-electron chi connectivity index (χ1n) is 9.98. The van der Waals surface area contributed by atoms with E-state index in [0.717, 1.165) is 11.3 Å². The third kappa shape index (κ3) is 5.19. The largest absolute Gasteiger partial charge is 0.334 e. The van der Waals surface area contributed by atoms with E-state index in [9.17, 15) is 4.79 Å². The summed E-state index contributed by atoms with van der Waals surface area (Å²) in [6.45, 7) is 9.14. The van der Waals surface area contributed by atoms with Crippen LogP contribution in [0.1, 0.15) is 55.1 Å². The van der Waals surface area contributed by atoms with E-state index in [0.29, 0.717) is 24.0 Å². The van der Waals surface area contributed by atoms with Crippen molar-refractivity contribution < 1.29 is 4.79 Å². The monoisotopic (exact) mass is 388 g/mol. The standard InChI is InChI=1S/C24H28N4O/c1-17(2)21-12-8-9-13-22(21)27-23(29)20-14-25-24(26-15-20)28(18(3)4)16-19-10-6-5-7-11-19/h5-15,17-18H,16H2,1-4H3,(H,27,29). The molecule has 3 rings (SSSR count). The maximum Gasteiger partial charge on any atom is 0.258 e. The number of aromatic nitrogens is 2. The molecule has 0 aliphatic rings. The van der Waals surface area contributed by atoms with E-state index in [1.807, 2.05) is 42.5 Å². The van der Waals surface area contributed by atoms with Gasteiger partial charge in [0.05, 0.1) is 5.56 Å². The van der Waals surface area contributed by atoms with Crippen molar-refractivity contribution in [1.82, 2.24) is 9.97 Å². The summed E-state index contributed by atoms with van der Waals surface area (Å²) in [5.41, 5.74) is 3.56. The van der Waals surface area contributed by atoms with Gasteiger partial charge in [-0.15, -0.1) is 0 Å². The van der Waals surface area contributed by atoms with Gasteiger partial charge in [-0.25, -0.2) is 9.97 Å². The van der Waals surface area contributed by atoms with Gasteiger partial charge in [-0.3, -0.25) is 4.79 Å². The van der Waals surface area contributed by atoms with Gasteiger partial charge >= 0.3 is 0 Å². The Bertz CT molecular complexity index is 937. The van der Waals surface area contributed by atoms with Gasteiger partial charge in [0.1, 0.15) is 0 Å². The molecule has 3 aromatic rings. The molecule has 0 fully saturated rings. The maximum absolute atomic E-state index is 12.7. The summed E-state index contributed by atoms with van der Waals surface area (Å²) in [6, 6.07) is 18.3. The van der Waals surface area contributed by atoms with Crippen LogP contribution in [0.4, 0.5) is 11.6 Å². The van der Waals surface area contributed by atoms with Crippen LogP contribution in [-0.4, -0.2) is 21.9 Å². The minimum absolute atomic E-state index is 0.205. The second-order valence-corrected chi connectivity index (χ2v) is 7.68. The molecule has 0 aliphatic carbocycles. The van der Waals surface area contributed by atoms with Crippen LogP contribution >= 0.6 is 0 Å². The smallest absolute Gasteiger partial charge is 0.258 e. The molecule has 1 heterocycles. The van der Waals surface area contributed by atoms with Gasteiger partial charge in [-0.2, -0.15) is 0 Å². The number of benzene rings is 2. The van der Waals surface area contributed by atoms with Gasteiger partial charge in [-0.05, 0) is 37.0 Å². The van der Waals surface area contributed by atoms with Crippen LogP contribution < -0.4 is 10.2 Å². The molecule has 5 nitrogen and oxygen atoms in total. The van der Waals surface area contributed by atoms with Gasteiger partial charge in [0, 0.05) is 30.7 Å². The summed E-state index contributed by atoms with van der Waals surface area (Å²) < 4.78 is 0. The van der Waals surface area contributed by atoms with Crippen molar-refractivity contribution in [3.63, 3.8) is 0 Å². The molecule has 29 heavy (non-hydrogen) atoms. The highest BCUT2D eigenvalue weighted by molar-refractivity contribution is 6.04. The number of rotatable bonds is 7. The predicted molar refractivity (Wildman–Crippen MR) is 118 cm³/mol. The normalized spacial score (nSPS) is 11.0. The molecule has 0 atom stereocenters. The molecule has 150 valence electrons. The fourth-order valence-electron chi connectivity index (χ4n) is 3.16. The lowest BCUT2D eigenvalue weighted by Gasteiger charge is -2.26. The zero-order valence-electron chi connectivity index (χ0n) is 17.5. The van der Waals surface area contributed by atoms with Gasteiger partial charge < -0.3 is 10.2 Å². The minimum Gasteiger partial charge on any atom is -0.334 e. The van der Waals surface area contributed by atoms with Crippen molar-refractivity contribution in [2.75, 3.05) is 10.2 Å². The number of anilines is 2. The van der Waals surface area contributed by atoms with Crippen molar-refractivity contribution in [2.45, 2.75) is 46.2 Å². The van der Waals surface area contributed by atoms with E-state index in [-0.39, 0.29) is 11.9 Å². The predicted octanol–water partition coefficient (Wildman–Crippen LogP) is 5.27. The Balaban J connectivity index is 1.75. The molecule has 0 unspecified atom stereocenters. The first-order valence-corrected chi connectivity index (χ1v) is 9.98. The van der Waals surface area contributed by atoms with Crippen molar-refractivity contribution >= 4 is 17.5 Å². The second-order valence-electron chi connectivity index (χ2n) is 7.68. The van der Waals surface area contributed by atoms with Gasteiger partial charge in [0.15, 0.2) is 0 Å². The third-order valence-electron chi connectivity index (χ3n) is 4.81. The molecule has 0 saturated carbocycles. The van der Waals surface area contributed by atoms with Gasteiger partial charge in [0.25, 0.3) is 5.91 Å². The molecule has 2 aromatic carbocycles. The van der Waals surface area contributed by atoms with Crippen LogP contribution in [0.2, 0.25) is 0 Å². The Morgan fingerprint density at radius 1 is 0.931 bits per heavy atom. The summed E-state index contributed by atoms with van der Waals surface area (Å²) in [6.07, 6.45) is 3.19. The lowest BCUT2D eigenvalue weighted by Crippen LogP contribution is -2.32. The SMILES string of the molecule is CC(C)c1ccccc1NC(=O)c1cnc(N(Cc2ccccc2)C(C)C)nc1. The van der Waals surface area contributed by atoms with E-state index in [1.54, 1.807) is 12.4 Å². The Morgan fingerprint density at radius 3 is 2.17 bits per heavy atom. The van der Waals surface area contributed by atoms with Crippen molar-refractivity contribution in [3.8, 4) is 0 Å². The molecule has 1 amide bonds. The first kappa shape index (κ1) is 20.5. The average Bonchev–Trinajstić information content (AvgIpc) is 2.73. The van der Waals surface area contributed by atoms with Crippen LogP contribution in [0.3, 0.4) is 0 Å². The highest BCUT2D eigenvalue weighted by Crippen LogP contribution is 2.24. The average molecular weight is 389 g/mol. The van der Waals surface area contributed by atoms with Crippen molar-refractivity contribution in [3.05, 3.63) is 83.7 Å². The summed E-state index contributed by atoms with van der Waals surface area (Å²) >= 11 is 0. The first-order chi connectivity index (χ1) is 14.0. The molecule has 1 aromatic heterocycles. The number of carbonyl (C=O) groups excluding carboxylic acids is 1. The summed E-state index contributed by atoms with van der Waals surface area (Å²) in [4.78, 5) is 23.7. The topological polar surface area (TPSA) is 58.1 Å². The minimum atomic E-state index is -0.205. The van der Waals surface area contributed by atoms with Gasteiger partial charge in [0.2, 0.25) is 5.95 Å². The fourth-order valence-corrected chi connectivity index (χ4v) is 3.16. The van der Waals surface area contributed by atoms with E-state index >= 15 is 0 Å². The van der Waals surface area contributed by atoms with Crippen LogP contribution in [0, 0.1) is 0 Å². The van der Waals surface area contributed by atoms with E-state index in [4.69, 9.17) is 0 Å². The zero-order valence-corrected chi connectivity index (χ0v) is 17.5. The number of amides is 1. The molecule has 1 N–H and O–H groups in total. The number of carbonyl (C=O) groups is 1. The fraction of sp³-hybridized carbons (Fsp3) is 0.292. The number of hydrogen-bond donors (Lipinski definition) is 1. The lowest BCUT2D eigenvalue weighted by atomic mass is 10.0. The summed E-state index contributed by atoms with van der Waals surface area (Å²) in [5, 5.41) is 2.99. The Hall–Kier alpha value is -3.21. The molecule has 0 spiro atoms. The van der Waals surface area contributed by atoms with Crippen LogP contribution in [0.5, 0.6) is 0 Å². The number of para-hydroxylation sites is 1. The highest BCUT2D eigenvalue weighted by atomic mass is 16.1. The van der Waals surface area contributed by atoms with E-state index in [2.05, 4.69) is 60.0 Å². The Morgan fingerprint density at radius 2 is 1.55 bits per heavy atom. The quantitative estimate of drug-likeness (QED) is 0.599. The molecular formula is C24H28N4O. The van der Waals surface area contributed by atoms with Crippen LogP contribution in [-0.2, 0) is 6.54 Å². The highest BCUT2D eigenvalue weighted by Gasteiger charge is 2.16. The van der Waals surface area contributed by atoms with Gasteiger partial charge in [-0.1, -0.05) is 62.4 Å². The number of hydrogen-bond acceptors (Lipinski definition) is 4. The molecule has 0 saturated heterocycles. The second kappa shape index (κ2) is 9.32. The third-order valence-corrected chi connectivity index (χ3v) is 4.81. The van der Waals surface area contributed by atoms with Crippen molar-refractivity contribution in [1.29, 1.82) is 0 Å². The molecule has 0 bridgehead atoms. The maximum atomic E-state index is 12.7. The zero-order chi connectivity index (χ0) is 20.8. The number of nitrogens with one attached hydrogen (secondary N) is 1. The van der Waals surface area contributed by atoms with E-state index in [1.165, 1.54) is 5.56 Å². The van der Waals surface area contributed by atoms with Crippen LogP contribution in [0.15, 0.2) is 67.0 Å². The van der Waals surface area contributed by atoms with E-state index < -0.39 is 0 Å². The Kier molecular flexibility index (Phi) is 6.60. The molecule has 0 aliphatic heterocycles. The number of nitrogens with zero attached hydrogens (tertiary/aromatic N) is 3. The van der Waals surface area contributed by atoms with Crippen molar-refractivity contribution in [2.24, 2.45) is 0 Å². The Labute approximate surface area is 172 Å². The molecule has 0 radical (unpaired) electrons. The van der Waals surface area contributed by atoms with Crippen LogP contribution in [0.25, 0.3) is 0 Å². The summed E-state index contributed by atoms with van der Waals surface area (Å²) in [5.74, 6) is 0.731. The lowest BCUT2D eigenvalue weighted by molar-refractivity contribution is 0.102. The molecule has 5 heteroatoms. The summed E-state index contributed by atoms with van der Waals surface area (Å²) in [7, 11) is 0. The molecular weight excluding hydrogens is 360 g/mol.